The summed E-state index contributed by atoms with van der Waals surface area (Å²) in [4.78, 5) is 38.2. The number of hydrogen-bond acceptors (Lipinski definition) is 9. The van der Waals surface area contributed by atoms with Crippen LogP contribution in [-0.2, 0) is 19.1 Å². The Hall–Kier alpha value is -1.91. The van der Waals surface area contributed by atoms with Crippen molar-refractivity contribution in [1.29, 1.82) is 0 Å². The van der Waals surface area contributed by atoms with Gasteiger partial charge >= 0.3 is 11.2 Å². The van der Waals surface area contributed by atoms with Crippen LogP contribution in [0, 0.1) is 0 Å². The van der Waals surface area contributed by atoms with Crippen molar-refractivity contribution in [3.05, 3.63) is 17.5 Å². The second-order valence-corrected chi connectivity index (χ2v) is 10.3. The molecule has 0 spiro atoms. The number of nitrogens with zero attached hydrogens (tertiary/aromatic N) is 3. The minimum absolute atomic E-state index is 0.210. The maximum absolute atomic E-state index is 13.1. The standard InChI is InChI=1S/C16H18F3N5O5S3/c1-7(32-10-3-20-23-22-10)8-4-30-14-16(29-2,13(28)24(14)11(8)12(26)27)21-9(25)5-31-15(18,19)6-17/h3,7,14H,4-6H2,1-2H3,(H,21,25)(H,26,27)(H,20,22,23)/t7?,14-,16-/m0/s1. The molecule has 16 heteroatoms. The zero-order valence-electron chi connectivity index (χ0n) is 16.6. The first-order valence-electron chi connectivity index (χ1n) is 8.94. The highest BCUT2D eigenvalue weighted by Gasteiger charge is 2.66. The predicted octanol–water partition coefficient (Wildman–Crippen LogP) is 1.29. The van der Waals surface area contributed by atoms with Gasteiger partial charge in [0.05, 0.1) is 11.9 Å². The van der Waals surface area contributed by atoms with E-state index in [-0.39, 0.29) is 28.5 Å². The third kappa shape index (κ3) is 4.58. The number of carboxylic acid groups (broad SMARTS) is 1. The largest absolute Gasteiger partial charge is 0.477 e. The SMILES string of the molecule is CO[C@@]1(NC(=O)CSC(F)(F)CF)C(=O)N2C(C(=O)O)=C(C(C)Sc3cnn[nH]3)CS[C@H]21. The molecule has 3 N–H and O–H groups in total. The maximum atomic E-state index is 13.1. The molecule has 2 aliphatic rings. The van der Waals surface area contributed by atoms with E-state index in [1.807, 2.05) is 0 Å². The summed E-state index contributed by atoms with van der Waals surface area (Å²) in [6, 6.07) is 0. The topological polar surface area (TPSA) is 138 Å². The highest BCUT2D eigenvalue weighted by Crippen LogP contribution is 2.48. The molecule has 32 heavy (non-hydrogen) atoms. The van der Waals surface area contributed by atoms with E-state index in [0.29, 0.717) is 10.6 Å². The van der Waals surface area contributed by atoms with E-state index >= 15 is 0 Å². The van der Waals surface area contributed by atoms with E-state index in [2.05, 4.69) is 20.7 Å². The van der Waals surface area contributed by atoms with Crippen molar-refractivity contribution in [2.45, 2.75) is 33.6 Å². The average molecular weight is 514 g/mol. The number of ether oxygens (including phenoxy) is 1. The molecule has 10 nitrogen and oxygen atoms in total. The maximum Gasteiger partial charge on any atom is 0.352 e. The number of nitrogens with one attached hydrogen (secondary N) is 2. The molecular formula is C16H18F3N5O5S3. The summed E-state index contributed by atoms with van der Waals surface area (Å²) in [5, 5.41) is 17.6. The van der Waals surface area contributed by atoms with Gasteiger partial charge < -0.3 is 15.2 Å². The number of carbonyl (C=O) groups excluding carboxylic acids is 2. The monoisotopic (exact) mass is 513 g/mol. The van der Waals surface area contributed by atoms with E-state index in [1.165, 1.54) is 18.0 Å². The molecule has 1 saturated heterocycles. The molecule has 2 amide bonds. The van der Waals surface area contributed by atoms with Gasteiger partial charge in [0.15, 0.2) is 6.67 Å². The molecule has 0 aliphatic carbocycles. The average Bonchev–Trinajstić information content (AvgIpc) is 3.27. The van der Waals surface area contributed by atoms with Crippen molar-refractivity contribution in [3.63, 3.8) is 0 Å². The Kier molecular flexibility index (Phi) is 7.36. The van der Waals surface area contributed by atoms with Gasteiger partial charge in [-0.3, -0.25) is 19.6 Å². The number of alkyl halides is 3. The molecule has 1 fully saturated rings. The molecule has 3 rings (SSSR count). The zero-order chi connectivity index (χ0) is 23.7. The molecule has 176 valence electrons. The number of carboxylic acids is 1. The number of carbonyl (C=O) groups is 3. The van der Waals surface area contributed by atoms with Crippen LogP contribution in [0.15, 0.2) is 22.5 Å². The lowest BCUT2D eigenvalue weighted by Crippen LogP contribution is -2.80. The van der Waals surface area contributed by atoms with E-state index in [9.17, 15) is 32.7 Å². The number of β-lactam (4-membered cyclic amide) rings is 1. The summed E-state index contributed by atoms with van der Waals surface area (Å²) in [6.07, 6.45) is 1.48. The summed E-state index contributed by atoms with van der Waals surface area (Å²) in [6.45, 7) is -0.172. The normalized spacial score (nSPS) is 24.1. The third-order valence-electron chi connectivity index (χ3n) is 4.67. The zero-order valence-corrected chi connectivity index (χ0v) is 19.1. The number of amides is 2. The van der Waals surface area contributed by atoms with Crippen molar-refractivity contribution in [2.75, 3.05) is 25.3 Å². The van der Waals surface area contributed by atoms with Crippen LogP contribution in [0.1, 0.15) is 6.92 Å². The Labute approximate surface area is 192 Å². The Bertz CT molecular complexity index is 934. The summed E-state index contributed by atoms with van der Waals surface area (Å²) in [5.41, 5.74) is -1.67. The van der Waals surface area contributed by atoms with Crippen LogP contribution in [0.5, 0.6) is 0 Å². The number of halogens is 3. The number of aromatic amines is 1. The van der Waals surface area contributed by atoms with Crippen LogP contribution < -0.4 is 5.32 Å². The summed E-state index contributed by atoms with van der Waals surface area (Å²) >= 11 is 2.23. The number of methoxy groups -OCH3 is 1. The van der Waals surface area contributed by atoms with Crippen molar-refractivity contribution in [2.24, 2.45) is 0 Å². The van der Waals surface area contributed by atoms with E-state index < -0.39 is 46.6 Å². The van der Waals surface area contributed by atoms with Gasteiger partial charge in [-0.05, 0) is 12.5 Å². The fourth-order valence-electron chi connectivity index (χ4n) is 3.17. The van der Waals surface area contributed by atoms with Crippen molar-refractivity contribution >= 4 is 53.1 Å². The number of H-pyrrole nitrogens is 1. The van der Waals surface area contributed by atoms with Crippen molar-refractivity contribution in [1.82, 2.24) is 25.6 Å². The van der Waals surface area contributed by atoms with E-state index in [0.717, 1.165) is 23.8 Å². The van der Waals surface area contributed by atoms with Gasteiger partial charge in [0.1, 0.15) is 16.1 Å². The smallest absolute Gasteiger partial charge is 0.352 e. The lowest BCUT2D eigenvalue weighted by atomic mass is 9.97. The molecule has 0 radical (unpaired) electrons. The van der Waals surface area contributed by atoms with Gasteiger partial charge in [0, 0.05) is 18.1 Å². The molecule has 1 aromatic rings. The van der Waals surface area contributed by atoms with Gasteiger partial charge in [-0.1, -0.05) is 28.7 Å². The molecule has 2 aliphatic heterocycles. The van der Waals surface area contributed by atoms with Gasteiger partial charge in [0.25, 0.3) is 11.6 Å². The second kappa shape index (κ2) is 9.52. The van der Waals surface area contributed by atoms with Gasteiger partial charge in [0.2, 0.25) is 5.91 Å². The quantitative estimate of drug-likeness (QED) is 0.238. The summed E-state index contributed by atoms with van der Waals surface area (Å²) in [7, 11) is 1.14. The second-order valence-electron chi connectivity index (χ2n) is 6.65. The Morgan fingerprint density at radius 1 is 1.56 bits per heavy atom. The first-order valence-corrected chi connectivity index (χ1v) is 11.9. The van der Waals surface area contributed by atoms with E-state index in [1.54, 1.807) is 6.92 Å². The van der Waals surface area contributed by atoms with Crippen LogP contribution in [0.4, 0.5) is 13.2 Å². The fraction of sp³-hybridized carbons (Fsp3) is 0.562. The highest BCUT2D eigenvalue weighted by molar-refractivity contribution is 8.01. The number of aromatic nitrogens is 3. The summed E-state index contributed by atoms with van der Waals surface area (Å²) < 4.78 is 43.7. The van der Waals surface area contributed by atoms with Gasteiger partial charge in [-0.15, -0.1) is 16.9 Å². The van der Waals surface area contributed by atoms with Crippen LogP contribution in [0.25, 0.3) is 0 Å². The van der Waals surface area contributed by atoms with Crippen molar-refractivity contribution < 1.29 is 37.4 Å². The molecule has 3 atom stereocenters. The number of rotatable bonds is 10. The Morgan fingerprint density at radius 2 is 2.28 bits per heavy atom. The van der Waals surface area contributed by atoms with Crippen molar-refractivity contribution in [3.8, 4) is 0 Å². The van der Waals surface area contributed by atoms with Gasteiger partial charge in [-0.2, -0.15) is 8.78 Å². The third-order valence-corrected chi connectivity index (χ3v) is 8.03. The molecule has 1 unspecified atom stereocenters. The van der Waals surface area contributed by atoms with Gasteiger partial charge in [-0.25, -0.2) is 9.18 Å². The molecule has 3 heterocycles. The molecule has 1 aromatic heterocycles. The highest BCUT2D eigenvalue weighted by atomic mass is 32.2. The minimum atomic E-state index is -3.74. The number of fused-ring (bicyclic) bond motifs is 1. The number of thioether (sulfide) groups is 3. The molecule has 0 bridgehead atoms. The number of hydrogen-bond donors (Lipinski definition) is 3. The molecule has 0 aromatic carbocycles. The molecular weight excluding hydrogens is 495 g/mol. The Balaban J connectivity index is 1.79. The molecule has 0 saturated carbocycles. The first-order chi connectivity index (χ1) is 15.1. The number of aliphatic carboxylic acids is 1. The van der Waals surface area contributed by atoms with Crippen LogP contribution >= 0.6 is 35.3 Å². The van der Waals surface area contributed by atoms with E-state index in [4.69, 9.17) is 4.74 Å². The first kappa shape index (κ1) is 24.7. The van der Waals surface area contributed by atoms with Crippen LogP contribution in [0.2, 0.25) is 0 Å². The summed E-state index contributed by atoms with van der Waals surface area (Å²) in [5.74, 6) is -3.75. The minimum Gasteiger partial charge on any atom is -0.477 e. The van der Waals surface area contributed by atoms with Crippen LogP contribution in [-0.4, -0.2) is 90.1 Å². The van der Waals surface area contributed by atoms with Crippen LogP contribution in [0.3, 0.4) is 0 Å². The Morgan fingerprint density at radius 3 is 2.84 bits per heavy atom. The lowest BCUT2D eigenvalue weighted by Gasteiger charge is -2.56. The fourth-order valence-corrected chi connectivity index (χ4v) is 6.26. The lowest BCUT2D eigenvalue weighted by molar-refractivity contribution is -0.192. The predicted molar refractivity (Wildman–Crippen MR) is 111 cm³/mol.